The number of carbonyl (C=O) groups excluding carboxylic acids is 2. The molecule has 0 radical (unpaired) electrons. The number of anilines is 2. The second kappa shape index (κ2) is 9.18. The fourth-order valence-corrected chi connectivity index (χ4v) is 2.99. The van der Waals surface area contributed by atoms with Crippen LogP contribution in [0.4, 0.5) is 10.7 Å². The standard InChI is InChI=1S/C17H17ClN4O2S/c1-22(11-16(24)20-14-4-2-13(18)3-5-14)8-6-15(23)21-17-12(10-19)7-9-25-17/h2-5,7,9H,6,8,11H2,1H3,(H,20,24)(H,21,23)/p+1. The molecule has 0 spiro atoms. The van der Waals surface area contributed by atoms with E-state index >= 15 is 0 Å². The quantitative estimate of drug-likeness (QED) is 0.687. The van der Waals surface area contributed by atoms with E-state index in [1.807, 2.05) is 13.1 Å². The summed E-state index contributed by atoms with van der Waals surface area (Å²) in [6, 6.07) is 10.6. The molecule has 1 atom stereocenters. The third-order valence-electron chi connectivity index (χ3n) is 3.41. The van der Waals surface area contributed by atoms with Gasteiger partial charge in [0.05, 0.1) is 25.6 Å². The monoisotopic (exact) mass is 377 g/mol. The van der Waals surface area contributed by atoms with E-state index in [9.17, 15) is 9.59 Å². The molecule has 0 fully saturated rings. The third kappa shape index (κ3) is 6.19. The molecule has 1 aromatic heterocycles. The number of thiophene rings is 1. The van der Waals surface area contributed by atoms with Crippen molar-refractivity contribution in [2.24, 2.45) is 0 Å². The molecular weight excluding hydrogens is 360 g/mol. The Hall–Kier alpha value is -2.40. The molecule has 2 amide bonds. The van der Waals surface area contributed by atoms with E-state index < -0.39 is 0 Å². The summed E-state index contributed by atoms with van der Waals surface area (Å²) in [4.78, 5) is 24.9. The van der Waals surface area contributed by atoms with Gasteiger partial charge in [0.1, 0.15) is 11.1 Å². The van der Waals surface area contributed by atoms with Gasteiger partial charge in [-0.2, -0.15) is 5.26 Å². The zero-order valence-corrected chi connectivity index (χ0v) is 15.2. The highest BCUT2D eigenvalue weighted by Crippen LogP contribution is 2.22. The molecule has 0 aliphatic rings. The molecule has 25 heavy (non-hydrogen) atoms. The largest absolute Gasteiger partial charge is 0.329 e. The molecule has 0 saturated carbocycles. The van der Waals surface area contributed by atoms with Gasteiger partial charge in [-0.1, -0.05) is 11.6 Å². The third-order valence-corrected chi connectivity index (χ3v) is 4.49. The Kier molecular flexibility index (Phi) is 6.95. The molecule has 2 rings (SSSR count). The highest BCUT2D eigenvalue weighted by molar-refractivity contribution is 7.14. The maximum Gasteiger partial charge on any atom is 0.279 e. The smallest absolute Gasteiger partial charge is 0.279 e. The SMILES string of the molecule is C[NH+](CCC(=O)Nc1sccc1C#N)CC(=O)Nc1ccc(Cl)cc1. The van der Waals surface area contributed by atoms with Crippen molar-refractivity contribution in [1.29, 1.82) is 5.26 Å². The van der Waals surface area contributed by atoms with Crippen molar-refractivity contribution in [2.75, 3.05) is 30.8 Å². The number of nitrogens with zero attached hydrogens (tertiary/aromatic N) is 1. The number of quaternary nitrogens is 1. The van der Waals surface area contributed by atoms with Crippen molar-refractivity contribution in [1.82, 2.24) is 0 Å². The number of rotatable bonds is 7. The van der Waals surface area contributed by atoms with E-state index in [0.29, 0.717) is 27.8 Å². The molecule has 3 N–H and O–H groups in total. The number of nitriles is 1. The maximum atomic E-state index is 12.0. The van der Waals surface area contributed by atoms with Crippen molar-refractivity contribution < 1.29 is 14.5 Å². The van der Waals surface area contributed by atoms with Gasteiger partial charge >= 0.3 is 0 Å². The lowest BCUT2D eigenvalue weighted by atomic mass is 10.3. The normalized spacial score (nSPS) is 11.4. The molecule has 0 bridgehead atoms. The molecule has 8 heteroatoms. The number of nitrogens with one attached hydrogen (secondary N) is 3. The van der Waals surface area contributed by atoms with Crippen LogP contribution in [0.5, 0.6) is 0 Å². The Morgan fingerprint density at radius 1 is 1.20 bits per heavy atom. The molecule has 130 valence electrons. The molecule has 0 saturated heterocycles. The molecule has 1 unspecified atom stereocenters. The Morgan fingerprint density at radius 2 is 1.92 bits per heavy atom. The van der Waals surface area contributed by atoms with E-state index in [0.717, 1.165) is 4.90 Å². The minimum Gasteiger partial charge on any atom is -0.329 e. The first-order valence-corrected chi connectivity index (χ1v) is 8.88. The highest BCUT2D eigenvalue weighted by Gasteiger charge is 2.13. The summed E-state index contributed by atoms with van der Waals surface area (Å²) in [5.74, 6) is -0.304. The fourth-order valence-electron chi connectivity index (χ4n) is 2.11. The molecule has 0 aliphatic carbocycles. The molecule has 1 aromatic carbocycles. The number of benzene rings is 1. The summed E-state index contributed by atoms with van der Waals surface area (Å²) in [5, 5.41) is 17.4. The Balaban J connectivity index is 1.73. The van der Waals surface area contributed by atoms with E-state index in [4.69, 9.17) is 16.9 Å². The number of hydrogen-bond donors (Lipinski definition) is 3. The van der Waals surface area contributed by atoms with Crippen LogP contribution in [0.1, 0.15) is 12.0 Å². The van der Waals surface area contributed by atoms with Crippen LogP contribution in [-0.4, -0.2) is 32.0 Å². The Labute approximate surface area is 155 Å². The summed E-state index contributed by atoms with van der Waals surface area (Å²) < 4.78 is 0. The van der Waals surface area contributed by atoms with Gasteiger partial charge in [-0.05, 0) is 35.7 Å². The summed E-state index contributed by atoms with van der Waals surface area (Å²) in [6.07, 6.45) is 0.267. The second-order valence-corrected chi connectivity index (χ2v) is 6.86. The van der Waals surface area contributed by atoms with Crippen molar-refractivity contribution in [2.45, 2.75) is 6.42 Å². The van der Waals surface area contributed by atoms with Gasteiger partial charge < -0.3 is 15.5 Å². The number of amides is 2. The van der Waals surface area contributed by atoms with Crippen molar-refractivity contribution in [3.8, 4) is 6.07 Å². The molecular formula is C17H18ClN4O2S+. The topological polar surface area (TPSA) is 86.4 Å². The van der Waals surface area contributed by atoms with Gasteiger partial charge in [-0.25, -0.2) is 0 Å². The minimum atomic E-state index is -0.170. The summed E-state index contributed by atoms with van der Waals surface area (Å²) in [5.41, 5.74) is 1.14. The average molecular weight is 378 g/mol. The van der Waals surface area contributed by atoms with Gasteiger partial charge in [0.25, 0.3) is 5.91 Å². The molecule has 2 aromatic rings. The van der Waals surface area contributed by atoms with Gasteiger partial charge in [0.15, 0.2) is 6.54 Å². The van der Waals surface area contributed by atoms with Crippen molar-refractivity contribution in [3.05, 3.63) is 46.3 Å². The first-order chi connectivity index (χ1) is 12.0. The van der Waals surface area contributed by atoms with Gasteiger partial charge in [-0.15, -0.1) is 11.3 Å². The zero-order chi connectivity index (χ0) is 18.2. The highest BCUT2D eigenvalue weighted by atomic mass is 35.5. The van der Waals surface area contributed by atoms with Crippen molar-refractivity contribution in [3.63, 3.8) is 0 Å². The summed E-state index contributed by atoms with van der Waals surface area (Å²) in [7, 11) is 1.85. The fraction of sp³-hybridized carbons (Fsp3) is 0.235. The summed E-state index contributed by atoms with van der Waals surface area (Å²) in [6.45, 7) is 0.755. The number of carbonyl (C=O) groups is 2. The predicted molar refractivity (Wildman–Crippen MR) is 99.0 cm³/mol. The first kappa shape index (κ1) is 18.9. The van der Waals surface area contributed by atoms with Crippen LogP contribution in [0.25, 0.3) is 0 Å². The van der Waals surface area contributed by atoms with Crippen LogP contribution in [0.15, 0.2) is 35.7 Å². The van der Waals surface area contributed by atoms with E-state index in [1.165, 1.54) is 11.3 Å². The van der Waals surface area contributed by atoms with E-state index in [-0.39, 0.29) is 24.8 Å². The minimum absolute atomic E-state index is 0.134. The zero-order valence-electron chi connectivity index (χ0n) is 13.6. The van der Waals surface area contributed by atoms with Crippen LogP contribution in [-0.2, 0) is 9.59 Å². The molecule has 0 aliphatic heterocycles. The average Bonchev–Trinajstić information content (AvgIpc) is 3.02. The number of likely N-dealkylation sites (N-methyl/N-ethyl adjacent to an activating group) is 1. The molecule has 1 heterocycles. The van der Waals surface area contributed by atoms with E-state index in [2.05, 4.69) is 10.6 Å². The Morgan fingerprint density at radius 3 is 2.60 bits per heavy atom. The summed E-state index contributed by atoms with van der Waals surface area (Å²) >= 11 is 7.12. The first-order valence-electron chi connectivity index (χ1n) is 7.62. The van der Waals surface area contributed by atoms with Crippen LogP contribution < -0.4 is 15.5 Å². The van der Waals surface area contributed by atoms with Crippen LogP contribution in [0, 0.1) is 11.3 Å². The van der Waals surface area contributed by atoms with Gasteiger partial charge in [0, 0.05) is 10.7 Å². The van der Waals surface area contributed by atoms with Gasteiger partial charge in [0.2, 0.25) is 5.91 Å². The number of halogens is 1. The van der Waals surface area contributed by atoms with Crippen molar-refractivity contribution >= 4 is 45.4 Å². The van der Waals surface area contributed by atoms with Crippen LogP contribution in [0.3, 0.4) is 0 Å². The maximum absolute atomic E-state index is 12.0. The Bertz CT molecular complexity index is 783. The second-order valence-electron chi connectivity index (χ2n) is 5.51. The lowest BCUT2D eigenvalue weighted by molar-refractivity contribution is -0.870. The lowest BCUT2D eigenvalue weighted by Crippen LogP contribution is -3.10. The van der Waals surface area contributed by atoms with Gasteiger partial charge in [-0.3, -0.25) is 9.59 Å². The van der Waals surface area contributed by atoms with E-state index in [1.54, 1.807) is 35.7 Å². The predicted octanol–water partition coefficient (Wildman–Crippen LogP) is 1.76. The number of hydrogen-bond acceptors (Lipinski definition) is 4. The molecule has 6 nitrogen and oxygen atoms in total. The lowest BCUT2D eigenvalue weighted by Gasteiger charge is -2.13. The van der Waals surface area contributed by atoms with Crippen LogP contribution >= 0.6 is 22.9 Å². The van der Waals surface area contributed by atoms with Crippen LogP contribution in [0.2, 0.25) is 5.02 Å².